The molecule has 1 aliphatic rings. The summed E-state index contributed by atoms with van der Waals surface area (Å²) in [5.41, 5.74) is 0.989. The van der Waals surface area contributed by atoms with E-state index >= 15 is 0 Å². The third kappa shape index (κ3) is 6.20. The number of hydrogen-bond acceptors (Lipinski definition) is 6. The van der Waals surface area contributed by atoms with Gasteiger partial charge >= 0.3 is 18.4 Å². The molecule has 2 N–H and O–H groups in total. The van der Waals surface area contributed by atoms with Crippen LogP contribution < -0.4 is 14.8 Å². The van der Waals surface area contributed by atoms with Crippen molar-refractivity contribution in [3.63, 3.8) is 0 Å². The van der Waals surface area contributed by atoms with Gasteiger partial charge in [-0.05, 0) is 49.6 Å². The van der Waals surface area contributed by atoms with Crippen molar-refractivity contribution in [2.24, 2.45) is 0 Å². The number of imidazole rings is 1. The molecule has 0 saturated heterocycles. The fourth-order valence-electron chi connectivity index (χ4n) is 4.08. The van der Waals surface area contributed by atoms with E-state index in [-0.39, 0.29) is 42.5 Å². The number of imide groups is 1. The van der Waals surface area contributed by atoms with E-state index in [2.05, 4.69) is 15.0 Å². The zero-order valence-corrected chi connectivity index (χ0v) is 21.1. The van der Waals surface area contributed by atoms with Gasteiger partial charge in [0.05, 0.1) is 18.3 Å². The lowest BCUT2D eigenvalue weighted by Gasteiger charge is -2.39. The van der Waals surface area contributed by atoms with E-state index in [1.807, 2.05) is 0 Å². The van der Waals surface area contributed by atoms with Gasteiger partial charge in [0.15, 0.2) is 0 Å². The van der Waals surface area contributed by atoms with Crippen molar-refractivity contribution in [3.8, 4) is 17.5 Å². The van der Waals surface area contributed by atoms with Crippen LogP contribution in [0.1, 0.15) is 34.6 Å². The number of benzene rings is 2. The lowest BCUT2D eigenvalue weighted by atomic mass is 9.88. The number of rotatable bonds is 7. The summed E-state index contributed by atoms with van der Waals surface area (Å²) >= 11 is 6.00. The molecule has 9 nitrogen and oxygen atoms in total. The highest BCUT2D eigenvalue weighted by Gasteiger charge is 2.41. The minimum Gasteiger partial charge on any atom is -0.425 e. The number of nitrogens with one attached hydrogen (secondary N) is 1. The Bertz CT molecular complexity index is 1320. The van der Waals surface area contributed by atoms with Crippen molar-refractivity contribution >= 4 is 23.5 Å². The average Bonchev–Trinajstić information content (AvgIpc) is 3.12. The van der Waals surface area contributed by atoms with Crippen LogP contribution in [0.25, 0.3) is 0 Å². The molecule has 1 heterocycles. The van der Waals surface area contributed by atoms with Gasteiger partial charge in [-0.3, -0.25) is 14.3 Å². The number of hydrogen-bond donors (Lipinski definition) is 2. The molecule has 3 amide bonds. The highest BCUT2D eigenvalue weighted by molar-refractivity contribution is 6.30. The van der Waals surface area contributed by atoms with E-state index in [0.717, 1.165) is 17.0 Å². The minimum atomic E-state index is -4.89. The van der Waals surface area contributed by atoms with Crippen LogP contribution in [-0.2, 0) is 6.54 Å². The number of ether oxygens (including phenoxy) is 2. The molecule has 0 bridgehead atoms. The average molecular weight is 553 g/mol. The van der Waals surface area contributed by atoms with Gasteiger partial charge in [-0.2, -0.15) is 4.98 Å². The number of carbonyl (C=O) groups excluding carboxylic acids is 2. The summed E-state index contributed by atoms with van der Waals surface area (Å²) in [6, 6.07) is 10.4. The molecule has 1 fully saturated rings. The minimum absolute atomic E-state index is 0.0154. The van der Waals surface area contributed by atoms with Crippen molar-refractivity contribution in [2.75, 3.05) is 7.05 Å². The van der Waals surface area contributed by atoms with E-state index in [1.165, 1.54) is 23.7 Å². The Morgan fingerprint density at radius 3 is 2.45 bits per heavy atom. The van der Waals surface area contributed by atoms with Gasteiger partial charge < -0.3 is 19.9 Å². The molecule has 1 aromatic heterocycles. The third-order valence-corrected chi connectivity index (χ3v) is 6.17. The van der Waals surface area contributed by atoms with E-state index in [1.54, 1.807) is 31.2 Å². The first kappa shape index (κ1) is 27.3. The molecule has 1 aliphatic carbocycles. The molecule has 13 heteroatoms. The topological polar surface area (TPSA) is 106 Å². The van der Waals surface area contributed by atoms with Gasteiger partial charge in [0.1, 0.15) is 17.2 Å². The maximum Gasteiger partial charge on any atom is 0.573 e. The second-order valence-electron chi connectivity index (χ2n) is 8.68. The smallest absolute Gasteiger partial charge is 0.425 e. The standard InChI is InChI=1S/C25H24ClF3N4O5/c1-14-21(22(35)33(23(36)30-2)17-10-18(34)11-17)32(13-15-6-8-16(26)9-7-15)24(31-14)37-19-4-3-5-20(12-19)38-25(27,28)29/h3-9,12,17-18,34H,10-11,13H2,1-2H3,(H,30,36). The predicted molar refractivity (Wildman–Crippen MR) is 130 cm³/mol. The Labute approximate surface area is 220 Å². The van der Waals surface area contributed by atoms with Crippen LogP contribution in [0.3, 0.4) is 0 Å². The van der Waals surface area contributed by atoms with Crippen molar-refractivity contribution in [1.29, 1.82) is 0 Å². The van der Waals surface area contributed by atoms with E-state index in [4.69, 9.17) is 16.3 Å². The number of carbonyl (C=O) groups is 2. The normalized spacial score (nSPS) is 16.9. The van der Waals surface area contributed by atoms with Crippen LogP contribution >= 0.6 is 11.6 Å². The van der Waals surface area contributed by atoms with Crippen LogP contribution in [-0.4, -0.2) is 57.1 Å². The fourth-order valence-corrected chi connectivity index (χ4v) is 4.21. The lowest BCUT2D eigenvalue weighted by Crippen LogP contribution is -2.55. The predicted octanol–water partition coefficient (Wildman–Crippen LogP) is 4.89. The van der Waals surface area contributed by atoms with Crippen molar-refractivity contribution in [1.82, 2.24) is 19.8 Å². The number of aromatic nitrogens is 2. The summed E-state index contributed by atoms with van der Waals surface area (Å²) in [5, 5.41) is 12.7. The molecule has 1 saturated carbocycles. The van der Waals surface area contributed by atoms with Gasteiger partial charge in [-0.15, -0.1) is 13.2 Å². The summed E-state index contributed by atoms with van der Waals surface area (Å²) in [5.74, 6) is -1.17. The highest BCUT2D eigenvalue weighted by atomic mass is 35.5. The second kappa shape index (κ2) is 10.9. The number of nitrogens with zero attached hydrogens (tertiary/aromatic N) is 3. The molecule has 0 radical (unpaired) electrons. The first-order valence-electron chi connectivity index (χ1n) is 11.5. The van der Waals surface area contributed by atoms with Crippen LogP contribution in [0.2, 0.25) is 5.02 Å². The van der Waals surface area contributed by atoms with Crippen LogP contribution in [0.5, 0.6) is 17.5 Å². The lowest BCUT2D eigenvalue weighted by molar-refractivity contribution is -0.274. The molecule has 3 aromatic rings. The molecule has 0 aliphatic heterocycles. The molecule has 0 spiro atoms. The van der Waals surface area contributed by atoms with Gasteiger partial charge in [-0.1, -0.05) is 29.8 Å². The number of alkyl halides is 3. The van der Waals surface area contributed by atoms with Gasteiger partial charge in [0, 0.05) is 24.2 Å². The number of urea groups is 1. The molecular formula is C25H24ClF3N4O5. The van der Waals surface area contributed by atoms with Crippen molar-refractivity contribution in [2.45, 2.75) is 44.8 Å². The van der Waals surface area contributed by atoms with Crippen LogP contribution in [0, 0.1) is 6.92 Å². The molecule has 202 valence electrons. The Balaban J connectivity index is 1.74. The van der Waals surface area contributed by atoms with E-state index < -0.39 is 36.2 Å². The summed E-state index contributed by atoms with van der Waals surface area (Å²) in [6.45, 7) is 1.63. The molecule has 0 atom stereocenters. The molecule has 4 rings (SSSR count). The van der Waals surface area contributed by atoms with Crippen LogP contribution in [0.4, 0.5) is 18.0 Å². The Morgan fingerprint density at radius 1 is 1.18 bits per heavy atom. The summed E-state index contributed by atoms with van der Waals surface area (Å²) < 4.78 is 49.3. The maximum absolute atomic E-state index is 13.7. The molecule has 2 aromatic carbocycles. The number of halogens is 4. The zero-order chi connectivity index (χ0) is 27.6. The maximum atomic E-state index is 13.7. The summed E-state index contributed by atoms with van der Waals surface area (Å²) in [4.78, 5) is 31.8. The van der Waals surface area contributed by atoms with Crippen molar-refractivity contribution in [3.05, 3.63) is 70.5 Å². The molecule has 0 unspecified atom stereocenters. The highest BCUT2D eigenvalue weighted by Crippen LogP contribution is 2.32. The van der Waals surface area contributed by atoms with Crippen molar-refractivity contribution < 1.29 is 37.3 Å². The number of aryl methyl sites for hydroxylation is 1. The SMILES string of the molecule is CNC(=O)N(C(=O)c1c(C)nc(Oc2cccc(OC(F)(F)F)c2)n1Cc1ccc(Cl)cc1)C1CC(O)C1. The van der Waals surface area contributed by atoms with Gasteiger partial charge in [0.2, 0.25) is 0 Å². The molecular weight excluding hydrogens is 529 g/mol. The van der Waals surface area contributed by atoms with E-state index in [0.29, 0.717) is 10.6 Å². The zero-order valence-electron chi connectivity index (χ0n) is 20.3. The number of amides is 3. The van der Waals surface area contributed by atoms with Gasteiger partial charge in [0.25, 0.3) is 5.91 Å². The van der Waals surface area contributed by atoms with Gasteiger partial charge in [-0.25, -0.2) is 4.79 Å². The summed E-state index contributed by atoms with van der Waals surface area (Å²) in [7, 11) is 1.39. The first-order chi connectivity index (χ1) is 17.9. The first-order valence-corrected chi connectivity index (χ1v) is 11.9. The Morgan fingerprint density at radius 2 is 1.84 bits per heavy atom. The molecule has 38 heavy (non-hydrogen) atoms. The monoisotopic (exact) mass is 552 g/mol. The largest absolute Gasteiger partial charge is 0.573 e. The quantitative estimate of drug-likeness (QED) is 0.432. The Hall–Kier alpha value is -3.77. The Kier molecular flexibility index (Phi) is 7.83. The second-order valence-corrected chi connectivity index (χ2v) is 9.11. The fraction of sp³-hybridized carbons (Fsp3) is 0.320. The number of aliphatic hydroxyl groups is 1. The number of aliphatic hydroxyl groups excluding tert-OH is 1. The van der Waals surface area contributed by atoms with E-state index in [9.17, 15) is 27.9 Å². The van der Waals surface area contributed by atoms with Crippen LogP contribution in [0.15, 0.2) is 48.5 Å². The third-order valence-electron chi connectivity index (χ3n) is 5.92. The summed E-state index contributed by atoms with van der Waals surface area (Å²) in [6.07, 6.45) is -5.04.